The molecule has 0 atom stereocenters. The van der Waals surface area contributed by atoms with Crippen LogP contribution < -0.4 is 0 Å². The monoisotopic (exact) mass is 356 g/mol. The Morgan fingerprint density at radius 1 is 0.962 bits per heavy atom. The van der Waals surface area contributed by atoms with Gasteiger partial charge in [-0.05, 0) is 86.8 Å². The number of hydrogen-bond acceptors (Lipinski definition) is 2. The van der Waals surface area contributed by atoms with Crippen LogP contribution in [0.5, 0.6) is 0 Å². The fraction of sp³-hybridized carbons (Fsp3) is 0.708. The number of carbonyl (C=O) groups excluding carboxylic acids is 1. The molecule has 0 saturated heterocycles. The lowest BCUT2D eigenvalue weighted by atomic mass is 9.77. The summed E-state index contributed by atoms with van der Waals surface area (Å²) >= 11 is 0. The molecule has 0 heterocycles. The van der Waals surface area contributed by atoms with Crippen molar-refractivity contribution in [3.63, 3.8) is 0 Å². The van der Waals surface area contributed by atoms with Gasteiger partial charge in [0.05, 0.1) is 5.56 Å². The molecule has 0 aromatic heterocycles. The van der Waals surface area contributed by atoms with Gasteiger partial charge < -0.3 is 4.74 Å². The molecule has 1 aromatic rings. The highest BCUT2D eigenvalue weighted by Gasteiger charge is 2.24. The summed E-state index contributed by atoms with van der Waals surface area (Å²) in [6.45, 7) is 4.57. The van der Waals surface area contributed by atoms with Crippen molar-refractivity contribution >= 4 is 5.97 Å². The highest BCUT2D eigenvalue weighted by atomic mass is 16.5. The Morgan fingerprint density at radius 3 is 2.23 bits per heavy atom. The predicted octanol–water partition coefficient (Wildman–Crippen LogP) is 6.89. The van der Waals surface area contributed by atoms with Crippen molar-refractivity contribution in [3.05, 3.63) is 35.4 Å². The van der Waals surface area contributed by atoms with E-state index in [4.69, 9.17) is 4.74 Å². The first kappa shape index (κ1) is 19.5. The fourth-order valence-corrected chi connectivity index (χ4v) is 4.74. The number of benzene rings is 1. The molecule has 0 aliphatic heterocycles. The number of unbranched alkanes of at least 4 members (excludes halogenated alkanes) is 1. The third kappa shape index (κ3) is 5.34. The second-order valence-corrected chi connectivity index (χ2v) is 8.77. The normalized spacial score (nSPS) is 29.3. The first-order chi connectivity index (χ1) is 12.7. The first-order valence-corrected chi connectivity index (χ1v) is 11.0. The first-order valence-electron chi connectivity index (χ1n) is 11.0. The molecule has 0 N–H and O–H groups in total. The Hall–Kier alpha value is -1.31. The molecule has 2 aliphatic rings. The standard InChI is InChI=1S/C24H36O2/c1-3-4-5-19-8-10-20(11-9-19)21-12-14-22(15-13-21)24(25)26-23-16-6-18(2)7-17-23/h12-15,18-20,23H,3-11,16-17H2,1-2H3. The van der Waals surface area contributed by atoms with Gasteiger partial charge in [-0.3, -0.25) is 0 Å². The average Bonchev–Trinajstić information content (AvgIpc) is 2.68. The molecule has 2 saturated carbocycles. The van der Waals surface area contributed by atoms with Crippen molar-refractivity contribution in [2.45, 2.75) is 96.5 Å². The second kappa shape index (κ2) is 9.58. The van der Waals surface area contributed by atoms with E-state index in [-0.39, 0.29) is 12.1 Å². The van der Waals surface area contributed by atoms with Crippen LogP contribution in [0, 0.1) is 11.8 Å². The van der Waals surface area contributed by atoms with Crippen LogP contribution in [-0.2, 0) is 4.74 Å². The van der Waals surface area contributed by atoms with E-state index in [2.05, 4.69) is 26.0 Å². The van der Waals surface area contributed by atoms with Crippen molar-refractivity contribution in [3.8, 4) is 0 Å². The third-order valence-electron chi connectivity index (χ3n) is 6.67. The van der Waals surface area contributed by atoms with Gasteiger partial charge in [-0.2, -0.15) is 0 Å². The number of hydrogen-bond donors (Lipinski definition) is 0. The number of carbonyl (C=O) groups is 1. The van der Waals surface area contributed by atoms with Crippen LogP contribution in [-0.4, -0.2) is 12.1 Å². The molecular formula is C24H36O2. The smallest absolute Gasteiger partial charge is 0.338 e. The lowest BCUT2D eigenvalue weighted by Gasteiger charge is -2.29. The van der Waals surface area contributed by atoms with E-state index in [1.165, 1.54) is 63.4 Å². The summed E-state index contributed by atoms with van der Waals surface area (Å²) < 4.78 is 5.72. The van der Waals surface area contributed by atoms with E-state index in [1.807, 2.05) is 12.1 Å². The minimum Gasteiger partial charge on any atom is -0.459 e. The number of ether oxygens (including phenoxy) is 1. The van der Waals surface area contributed by atoms with Crippen LogP contribution in [0.25, 0.3) is 0 Å². The van der Waals surface area contributed by atoms with Crippen molar-refractivity contribution in [1.82, 2.24) is 0 Å². The minimum absolute atomic E-state index is 0.122. The summed E-state index contributed by atoms with van der Waals surface area (Å²) in [5.74, 6) is 2.26. The molecule has 0 bridgehead atoms. The molecule has 0 unspecified atom stereocenters. The zero-order valence-electron chi connectivity index (χ0n) is 16.7. The van der Waals surface area contributed by atoms with Gasteiger partial charge in [-0.25, -0.2) is 4.79 Å². The quantitative estimate of drug-likeness (QED) is 0.519. The zero-order chi connectivity index (χ0) is 18.4. The molecule has 0 amide bonds. The summed E-state index contributed by atoms with van der Waals surface area (Å²) in [6, 6.07) is 8.28. The summed E-state index contributed by atoms with van der Waals surface area (Å²) in [4.78, 5) is 12.4. The SMILES string of the molecule is CCCCC1CCC(c2ccc(C(=O)OC3CCC(C)CC3)cc2)CC1. The molecular weight excluding hydrogens is 320 g/mol. The summed E-state index contributed by atoms with van der Waals surface area (Å²) in [5.41, 5.74) is 2.12. The van der Waals surface area contributed by atoms with Gasteiger partial charge in [0.25, 0.3) is 0 Å². The molecule has 144 valence electrons. The topological polar surface area (TPSA) is 26.3 Å². The Morgan fingerprint density at radius 2 is 1.62 bits per heavy atom. The molecule has 26 heavy (non-hydrogen) atoms. The minimum atomic E-state index is -0.139. The molecule has 1 aromatic carbocycles. The van der Waals surface area contributed by atoms with Crippen molar-refractivity contribution in [2.75, 3.05) is 0 Å². The highest BCUT2D eigenvalue weighted by molar-refractivity contribution is 5.89. The number of esters is 1. The zero-order valence-corrected chi connectivity index (χ0v) is 16.7. The number of rotatable bonds is 6. The largest absolute Gasteiger partial charge is 0.459 e. The maximum atomic E-state index is 12.4. The molecule has 0 radical (unpaired) electrons. The summed E-state index contributed by atoms with van der Waals surface area (Å²) in [5, 5.41) is 0. The van der Waals surface area contributed by atoms with Crippen LogP contribution >= 0.6 is 0 Å². The second-order valence-electron chi connectivity index (χ2n) is 8.77. The molecule has 2 fully saturated rings. The summed E-state index contributed by atoms with van der Waals surface area (Å²) in [7, 11) is 0. The van der Waals surface area contributed by atoms with E-state index >= 15 is 0 Å². The van der Waals surface area contributed by atoms with Gasteiger partial charge in [0.1, 0.15) is 6.10 Å². The van der Waals surface area contributed by atoms with Crippen LogP contribution in [0.2, 0.25) is 0 Å². The van der Waals surface area contributed by atoms with Crippen molar-refractivity contribution in [2.24, 2.45) is 11.8 Å². The summed E-state index contributed by atoms with van der Waals surface area (Å²) in [6.07, 6.45) is 14.0. The molecule has 2 aliphatic carbocycles. The lowest BCUT2D eigenvalue weighted by molar-refractivity contribution is 0.0174. The third-order valence-corrected chi connectivity index (χ3v) is 6.67. The lowest BCUT2D eigenvalue weighted by Crippen LogP contribution is -2.23. The van der Waals surface area contributed by atoms with Crippen LogP contribution in [0.15, 0.2) is 24.3 Å². The maximum Gasteiger partial charge on any atom is 0.338 e. The predicted molar refractivity (Wildman–Crippen MR) is 108 cm³/mol. The van der Waals surface area contributed by atoms with E-state index in [0.717, 1.165) is 24.7 Å². The maximum absolute atomic E-state index is 12.4. The van der Waals surface area contributed by atoms with E-state index in [0.29, 0.717) is 11.5 Å². The molecule has 2 heteroatoms. The van der Waals surface area contributed by atoms with Gasteiger partial charge in [0, 0.05) is 0 Å². The Bertz CT molecular complexity index is 546. The molecule has 3 rings (SSSR count). The Balaban J connectivity index is 1.48. The van der Waals surface area contributed by atoms with Crippen molar-refractivity contribution in [1.29, 1.82) is 0 Å². The highest BCUT2D eigenvalue weighted by Crippen LogP contribution is 2.37. The fourth-order valence-electron chi connectivity index (χ4n) is 4.74. The van der Waals surface area contributed by atoms with Gasteiger partial charge in [0.15, 0.2) is 0 Å². The van der Waals surface area contributed by atoms with E-state index < -0.39 is 0 Å². The molecule has 0 spiro atoms. The van der Waals surface area contributed by atoms with Crippen LogP contribution in [0.1, 0.15) is 106 Å². The van der Waals surface area contributed by atoms with Gasteiger partial charge in [-0.1, -0.05) is 45.2 Å². The Kier molecular flexibility index (Phi) is 7.16. The molecule has 2 nitrogen and oxygen atoms in total. The van der Waals surface area contributed by atoms with Crippen LogP contribution in [0.4, 0.5) is 0 Å². The van der Waals surface area contributed by atoms with Gasteiger partial charge in [0.2, 0.25) is 0 Å². The van der Waals surface area contributed by atoms with E-state index in [1.54, 1.807) is 0 Å². The average molecular weight is 357 g/mol. The van der Waals surface area contributed by atoms with Crippen LogP contribution in [0.3, 0.4) is 0 Å². The Labute approximate surface area is 159 Å². The van der Waals surface area contributed by atoms with Gasteiger partial charge >= 0.3 is 5.97 Å². The van der Waals surface area contributed by atoms with Crippen molar-refractivity contribution < 1.29 is 9.53 Å². The van der Waals surface area contributed by atoms with Gasteiger partial charge in [-0.15, -0.1) is 0 Å². The van der Waals surface area contributed by atoms with E-state index in [9.17, 15) is 4.79 Å².